The van der Waals surface area contributed by atoms with E-state index in [1.165, 1.54) is 0 Å². The molecule has 4 heteroatoms. The van der Waals surface area contributed by atoms with E-state index >= 15 is 0 Å². The van der Waals surface area contributed by atoms with Crippen LogP contribution in [0.2, 0.25) is 0 Å². The summed E-state index contributed by atoms with van der Waals surface area (Å²) < 4.78 is 5.08. The van der Waals surface area contributed by atoms with Gasteiger partial charge in [-0.05, 0) is 48.9 Å². The SMILES string of the molecule is COc1ccc(N=Nc2cccc(N)c2C)cc1. The summed E-state index contributed by atoms with van der Waals surface area (Å²) in [7, 11) is 1.63. The van der Waals surface area contributed by atoms with E-state index in [-0.39, 0.29) is 0 Å². The Labute approximate surface area is 106 Å². The standard InChI is InChI=1S/C14H15N3O/c1-10-13(15)4-3-5-14(10)17-16-11-6-8-12(18-2)9-7-11/h3-9H,15H2,1-2H3. The number of azo groups is 1. The molecule has 0 fully saturated rings. The lowest BCUT2D eigenvalue weighted by molar-refractivity contribution is 0.415. The fraction of sp³-hybridized carbons (Fsp3) is 0.143. The van der Waals surface area contributed by atoms with Crippen molar-refractivity contribution in [3.63, 3.8) is 0 Å². The molecule has 2 aromatic rings. The number of methoxy groups -OCH3 is 1. The predicted octanol–water partition coefficient (Wildman–Crippen LogP) is 4.00. The number of nitrogens with two attached hydrogens (primary N) is 1. The molecule has 0 amide bonds. The number of anilines is 1. The first kappa shape index (κ1) is 12.1. The third-order valence-corrected chi connectivity index (χ3v) is 2.69. The maximum atomic E-state index is 5.81. The zero-order valence-corrected chi connectivity index (χ0v) is 10.4. The van der Waals surface area contributed by atoms with Crippen molar-refractivity contribution in [1.29, 1.82) is 0 Å². The average molecular weight is 241 g/mol. The van der Waals surface area contributed by atoms with Crippen LogP contribution in [0, 0.1) is 6.92 Å². The third-order valence-electron chi connectivity index (χ3n) is 2.69. The summed E-state index contributed by atoms with van der Waals surface area (Å²) in [6.45, 7) is 1.93. The molecule has 2 N–H and O–H groups in total. The minimum Gasteiger partial charge on any atom is -0.497 e. The summed E-state index contributed by atoms with van der Waals surface area (Å²) in [5, 5.41) is 8.36. The average Bonchev–Trinajstić information content (AvgIpc) is 2.41. The second kappa shape index (κ2) is 5.31. The van der Waals surface area contributed by atoms with Crippen LogP contribution in [0.25, 0.3) is 0 Å². The Morgan fingerprint density at radius 3 is 2.39 bits per heavy atom. The smallest absolute Gasteiger partial charge is 0.119 e. The van der Waals surface area contributed by atoms with Crippen molar-refractivity contribution in [3.8, 4) is 5.75 Å². The van der Waals surface area contributed by atoms with E-state index in [0.717, 1.165) is 28.4 Å². The molecule has 0 saturated carbocycles. The molecule has 92 valence electrons. The highest BCUT2D eigenvalue weighted by Gasteiger charge is 1.99. The van der Waals surface area contributed by atoms with E-state index in [4.69, 9.17) is 10.5 Å². The molecule has 0 heterocycles. The van der Waals surface area contributed by atoms with E-state index in [9.17, 15) is 0 Å². The number of ether oxygens (including phenoxy) is 1. The fourth-order valence-corrected chi connectivity index (χ4v) is 1.51. The Balaban J connectivity index is 2.21. The summed E-state index contributed by atoms with van der Waals surface area (Å²) >= 11 is 0. The van der Waals surface area contributed by atoms with Crippen LogP contribution in [0.4, 0.5) is 17.1 Å². The first-order valence-electron chi connectivity index (χ1n) is 5.61. The molecule has 0 aliphatic rings. The molecule has 0 spiro atoms. The maximum absolute atomic E-state index is 5.81. The van der Waals surface area contributed by atoms with E-state index < -0.39 is 0 Å². The molecule has 0 unspecified atom stereocenters. The van der Waals surface area contributed by atoms with Gasteiger partial charge in [0.05, 0.1) is 18.5 Å². The van der Waals surface area contributed by atoms with Gasteiger partial charge in [0, 0.05) is 5.69 Å². The van der Waals surface area contributed by atoms with Gasteiger partial charge in [-0.15, -0.1) is 0 Å². The lowest BCUT2D eigenvalue weighted by Crippen LogP contribution is -1.87. The van der Waals surface area contributed by atoms with Crippen LogP contribution < -0.4 is 10.5 Å². The highest BCUT2D eigenvalue weighted by atomic mass is 16.5. The summed E-state index contributed by atoms with van der Waals surface area (Å²) in [5.74, 6) is 0.800. The molecule has 0 aliphatic heterocycles. The van der Waals surface area contributed by atoms with Crippen LogP contribution in [-0.4, -0.2) is 7.11 Å². The summed E-state index contributed by atoms with van der Waals surface area (Å²) in [6, 6.07) is 13.0. The van der Waals surface area contributed by atoms with Crippen molar-refractivity contribution in [3.05, 3.63) is 48.0 Å². The Kier molecular flexibility index (Phi) is 3.57. The molecule has 2 aromatic carbocycles. The van der Waals surface area contributed by atoms with Gasteiger partial charge in [0.1, 0.15) is 5.75 Å². The Morgan fingerprint density at radius 2 is 1.72 bits per heavy atom. The topological polar surface area (TPSA) is 60.0 Å². The molecule has 0 bridgehead atoms. The van der Waals surface area contributed by atoms with Crippen molar-refractivity contribution < 1.29 is 4.74 Å². The zero-order chi connectivity index (χ0) is 13.0. The van der Waals surface area contributed by atoms with Crippen molar-refractivity contribution >= 4 is 17.1 Å². The summed E-state index contributed by atoms with van der Waals surface area (Å²) in [5.41, 5.74) is 9.03. The monoisotopic (exact) mass is 241 g/mol. The van der Waals surface area contributed by atoms with Gasteiger partial charge in [-0.2, -0.15) is 10.2 Å². The van der Waals surface area contributed by atoms with Gasteiger partial charge >= 0.3 is 0 Å². The zero-order valence-electron chi connectivity index (χ0n) is 10.4. The molecular formula is C14H15N3O. The Bertz CT molecular complexity index is 562. The van der Waals surface area contributed by atoms with Crippen molar-refractivity contribution in [1.82, 2.24) is 0 Å². The van der Waals surface area contributed by atoms with Crippen molar-refractivity contribution in [2.24, 2.45) is 10.2 Å². The van der Waals surface area contributed by atoms with Gasteiger partial charge in [-0.3, -0.25) is 0 Å². The lowest BCUT2D eigenvalue weighted by atomic mass is 10.2. The van der Waals surface area contributed by atoms with Crippen LogP contribution in [-0.2, 0) is 0 Å². The lowest BCUT2D eigenvalue weighted by Gasteiger charge is -2.02. The molecule has 0 aromatic heterocycles. The first-order chi connectivity index (χ1) is 8.70. The highest BCUT2D eigenvalue weighted by molar-refractivity contribution is 5.59. The van der Waals surface area contributed by atoms with Gasteiger partial charge in [0.2, 0.25) is 0 Å². The number of hydrogen-bond donors (Lipinski definition) is 1. The number of nitrogen functional groups attached to an aromatic ring is 1. The Hall–Kier alpha value is -2.36. The van der Waals surface area contributed by atoms with Crippen LogP contribution in [0.15, 0.2) is 52.7 Å². The molecule has 0 radical (unpaired) electrons. The minimum atomic E-state index is 0.723. The molecule has 2 rings (SSSR count). The second-order valence-corrected chi connectivity index (χ2v) is 3.89. The number of benzene rings is 2. The second-order valence-electron chi connectivity index (χ2n) is 3.89. The molecule has 18 heavy (non-hydrogen) atoms. The van der Waals surface area contributed by atoms with Gasteiger partial charge < -0.3 is 10.5 Å². The number of nitrogens with zero attached hydrogens (tertiary/aromatic N) is 2. The molecule has 0 aliphatic carbocycles. The predicted molar refractivity (Wildman–Crippen MR) is 72.8 cm³/mol. The van der Waals surface area contributed by atoms with Crippen LogP contribution >= 0.6 is 0 Å². The molecular weight excluding hydrogens is 226 g/mol. The van der Waals surface area contributed by atoms with Gasteiger partial charge in [0.15, 0.2) is 0 Å². The summed E-state index contributed by atoms with van der Waals surface area (Å²) in [6.07, 6.45) is 0. The van der Waals surface area contributed by atoms with E-state index in [0.29, 0.717) is 0 Å². The van der Waals surface area contributed by atoms with Gasteiger partial charge in [-0.25, -0.2) is 0 Å². The number of hydrogen-bond acceptors (Lipinski definition) is 4. The third kappa shape index (κ3) is 2.66. The summed E-state index contributed by atoms with van der Waals surface area (Å²) in [4.78, 5) is 0. The van der Waals surface area contributed by atoms with Crippen LogP contribution in [0.3, 0.4) is 0 Å². The largest absolute Gasteiger partial charge is 0.497 e. The van der Waals surface area contributed by atoms with Crippen molar-refractivity contribution in [2.75, 3.05) is 12.8 Å². The molecule has 0 saturated heterocycles. The van der Waals surface area contributed by atoms with Crippen LogP contribution in [0.5, 0.6) is 5.75 Å². The normalized spacial score (nSPS) is 10.8. The van der Waals surface area contributed by atoms with E-state index in [2.05, 4.69) is 10.2 Å². The maximum Gasteiger partial charge on any atom is 0.119 e. The van der Waals surface area contributed by atoms with Gasteiger partial charge in [0.25, 0.3) is 0 Å². The molecule has 4 nitrogen and oxygen atoms in total. The number of rotatable bonds is 3. The quantitative estimate of drug-likeness (QED) is 0.652. The Morgan fingerprint density at radius 1 is 1.00 bits per heavy atom. The highest BCUT2D eigenvalue weighted by Crippen LogP contribution is 2.26. The fourth-order valence-electron chi connectivity index (χ4n) is 1.51. The van der Waals surface area contributed by atoms with Crippen LogP contribution in [0.1, 0.15) is 5.56 Å². The van der Waals surface area contributed by atoms with Crippen molar-refractivity contribution in [2.45, 2.75) is 6.92 Å². The van der Waals surface area contributed by atoms with E-state index in [1.54, 1.807) is 7.11 Å². The minimum absolute atomic E-state index is 0.723. The van der Waals surface area contributed by atoms with Gasteiger partial charge in [-0.1, -0.05) is 6.07 Å². The first-order valence-corrected chi connectivity index (χ1v) is 5.61. The molecule has 0 atom stereocenters. The van der Waals surface area contributed by atoms with E-state index in [1.807, 2.05) is 49.4 Å².